The van der Waals surface area contributed by atoms with Gasteiger partial charge < -0.3 is 10.7 Å². The molecule has 14 heavy (non-hydrogen) atoms. The maximum absolute atomic E-state index is 11.3. The van der Waals surface area contributed by atoms with Crippen LogP contribution in [0, 0.1) is 0 Å². The maximum Gasteiger partial charge on any atom is 0.330 e. The van der Waals surface area contributed by atoms with Crippen molar-refractivity contribution in [1.82, 2.24) is 19.5 Å². The minimum absolute atomic E-state index is 0.123. The number of aryl methyl sites for hydroxylation is 1. The molecule has 74 valence electrons. The number of aromatic amines is 2. The second-order valence-corrected chi connectivity index (χ2v) is 2.82. The number of aromatic nitrogens is 4. The van der Waals surface area contributed by atoms with Crippen molar-refractivity contribution in [1.29, 1.82) is 0 Å². The number of imidazole rings is 1. The molecule has 0 radical (unpaired) electrons. The number of nitrogen functional groups attached to an aromatic ring is 1. The van der Waals surface area contributed by atoms with E-state index in [1.165, 1.54) is 4.57 Å². The van der Waals surface area contributed by atoms with Gasteiger partial charge in [-0.2, -0.15) is 4.98 Å². The van der Waals surface area contributed by atoms with Gasteiger partial charge in [0.2, 0.25) is 0 Å². The Bertz CT molecular complexity index is 590. The second-order valence-electron chi connectivity index (χ2n) is 2.82. The van der Waals surface area contributed by atoms with Crippen LogP contribution >= 0.6 is 0 Å². The number of H-pyrrole nitrogens is 2. The molecule has 0 aliphatic rings. The Morgan fingerprint density at radius 1 is 1.43 bits per heavy atom. The third kappa shape index (κ3) is 1.02. The zero-order valence-electron chi connectivity index (χ0n) is 7.50. The van der Waals surface area contributed by atoms with Gasteiger partial charge in [0.25, 0.3) is 5.56 Å². The number of anilines is 1. The van der Waals surface area contributed by atoms with E-state index in [1.807, 2.05) is 0 Å². The largest absolute Gasteiger partial charge is 0.369 e. The second kappa shape index (κ2) is 2.72. The average Bonchev–Trinajstić information content (AvgIpc) is 2.48. The molecule has 2 heterocycles. The van der Waals surface area contributed by atoms with Gasteiger partial charge in [-0.3, -0.25) is 14.3 Å². The standard InChI is InChI=1S/C7H9N5O2/c1-2-12-4-3(9-6(8)10-4)5(13)11-7(12)14/h2H2,1H3,(H3,8,9,10)(H,11,13,14). The fourth-order valence-corrected chi connectivity index (χ4v) is 1.35. The van der Waals surface area contributed by atoms with E-state index in [-0.39, 0.29) is 11.5 Å². The summed E-state index contributed by atoms with van der Waals surface area (Å²) in [5, 5.41) is 0. The number of hydrogen-bond acceptors (Lipinski definition) is 4. The van der Waals surface area contributed by atoms with E-state index in [0.29, 0.717) is 12.2 Å². The Labute approximate surface area is 77.6 Å². The molecule has 0 aromatic carbocycles. The Hall–Kier alpha value is -2.05. The van der Waals surface area contributed by atoms with Gasteiger partial charge >= 0.3 is 5.69 Å². The quantitative estimate of drug-likeness (QED) is 0.542. The molecular formula is C7H9N5O2. The van der Waals surface area contributed by atoms with Gasteiger partial charge in [-0.05, 0) is 6.92 Å². The summed E-state index contributed by atoms with van der Waals surface area (Å²) in [6, 6.07) is 0. The van der Waals surface area contributed by atoms with Crippen LogP contribution < -0.4 is 17.0 Å². The first-order valence-corrected chi connectivity index (χ1v) is 4.11. The minimum atomic E-state index is -0.501. The first-order valence-electron chi connectivity index (χ1n) is 4.11. The van der Waals surface area contributed by atoms with Gasteiger partial charge in [0.15, 0.2) is 17.1 Å². The highest BCUT2D eigenvalue weighted by molar-refractivity contribution is 5.71. The van der Waals surface area contributed by atoms with Crippen LogP contribution in [0.4, 0.5) is 5.95 Å². The Kier molecular flexibility index (Phi) is 1.66. The van der Waals surface area contributed by atoms with Crippen molar-refractivity contribution >= 4 is 17.1 Å². The normalized spacial score (nSPS) is 10.9. The molecule has 0 unspecified atom stereocenters. The van der Waals surface area contributed by atoms with Crippen LogP contribution in [0.15, 0.2) is 9.59 Å². The van der Waals surface area contributed by atoms with Crippen LogP contribution in [-0.2, 0) is 6.54 Å². The van der Waals surface area contributed by atoms with E-state index in [2.05, 4.69) is 15.0 Å². The number of nitrogens with one attached hydrogen (secondary N) is 2. The summed E-state index contributed by atoms with van der Waals surface area (Å²) in [6.45, 7) is 2.21. The van der Waals surface area contributed by atoms with Crippen molar-refractivity contribution in [3.63, 3.8) is 0 Å². The predicted octanol–water partition coefficient (Wildman–Crippen LogP) is -0.985. The molecule has 7 nitrogen and oxygen atoms in total. The fraction of sp³-hybridized carbons (Fsp3) is 0.286. The third-order valence-corrected chi connectivity index (χ3v) is 1.97. The summed E-state index contributed by atoms with van der Waals surface area (Å²) in [5.41, 5.74) is 4.94. The zero-order chi connectivity index (χ0) is 10.3. The van der Waals surface area contributed by atoms with Crippen LogP contribution in [0.3, 0.4) is 0 Å². The molecule has 0 saturated heterocycles. The SMILES string of the molecule is CCn1c(=O)[nH]c(=O)c2[nH]c(N)nc21. The molecule has 2 rings (SSSR count). The van der Waals surface area contributed by atoms with Crippen LogP contribution in [0.2, 0.25) is 0 Å². The van der Waals surface area contributed by atoms with E-state index in [1.54, 1.807) is 6.92 Å². The van der Waals surface area contributed by atoms with E-state index in [9.17, 15) is 9.59 Å². The molecule has 2 aromatic rings. The lowest BCUT2D eigenvalue weighted by Gasteiger charge is -1.99. The third-order valence-electron chi connectivity index (χ3n) is 1.97. The molecule has 0 saturated carbocycles. The van der Waals surface area contributed by atoms with Crippen LogP contribution in [-0.4, -0.2) is 19.5 Å². The molecule has 0 atom stereocenters. The monoisotopic (exact) mass is 195 g/mol. The first-order chi connectivity index (χ1) is 6.63. The number of rotatable bonds is 1. The Balaban J connectivity index is 3.05. The molecule has 0 bridgehead atoms. The number of nitrogens with two attached hydrogens (primary N) is 1. The Morgan fingerprint density at radius 3 is 2.79 bits per heavy atom. The molecule has 0 spiro atoms. The molecule has 4 N–H and O–H groups in total. The number of hydrogen-bond donors (Lipinski definition) is 3. The summed E-state index contributed by atoms with van der Waals surface area (Å²) >= 11 is 0. The summed E-state index contributed by atoms with van der Waals surface area (Å²) < 4.78 is 1.34. The predicted molar refractivity (Wildman–Crippen MR) is 51.1 cm³/mol. The molecular weight excluding hydrogens is 186 g/mol. The van der Waals surface area contributed by atoms with Gasteiger partial charge in [-0.1, -0.05) is 0 Å². The van der Waals surface area contributed by atoms with Gasteiger partial charge in [-0.15, -0.1) is 0 Å². The van der Waals surface area contributed by atoms with E-state index >= 15 is 0 Å². The van der Waals surface area contributed by atoms with Crippen LogP contribution in [0.1, 0.15) is 6.92 Å². The lowest BCUT2D eigenvalue weighted by Crippen LogP contribution is -2.29. The van der Waals surface area contributed by atoms with E-state index < -0.39 is 11.2 Å². The Morgan fingerprint density at radius 2 is 2.14 bits per heavy atom. The molecule has 0 fully saturated rings. The molecule has 2 aromatic heterocycles. The van der Waals surface area contributed by atoms with Crippen LogP contribution in [0.25, 0.3) is 11.2 Å². The first kappa shape index (κ1) is 8.54. The van der Waals surface area contributed by atoms with Crippen molar-refractivity contribution in [2.75, 3.05) is 5.73 Å². The van der Waals surface area contributed by atoms with E-state index in [4.69, 9.17) is 5.73 Å². The zero-order valence-corrected chi connectivity index (χ0v) is 7.50. The van der Waals surface area contributed by atoms with Crippen molar-refractivity contribution in [2.45, 2.75) is 13.5 Å². The molecule has 0 aliphatic heterocycles. The fourth-order valence-electron chi connectivity index (χ4n) is 1.35. The lowest BCUT2D eigenvalue weighted by atomic mass is 10.5. The lowest BCUT2D eigenvalue weighted by molar-refractivity contribution is 0.720. The summed E-state index contributed by atoms with van der Waals surface area (Å²) in [4.78, 5) is 31.2. The molecule has 0 aliphatic carbocycles. The minimum Gasteiger partial charge on any atom is -0.369 e. The maximum atomic E-state index is 11.3. The van der Waals surface area contributed by atoms with Gasteiger partial charge in [0.1, 0.15) is 0 Å². The highest BCUT2D eigenvalue weighted by atomic mass is 16.2. The number of fused-ring (bicyclic) bond motifs is 1. The van der Waals surface area contributed by atoms with Crippen molar-refractivity contribution in [2.24, 2.45) is 0 Å². The highest BCUT2D eigenvalue weighted by Crippen LogP contribution is 2.04. The topological polar surface area (TPSA) is 110 Å². The molecule has 0 amide bonds. The van der Waals surface area contributed by atoms with E-state index in [0.717, 1.165) is 0 Å². The van der Waals surface area contributed by atoms with Gasteiger partial charge in [-0.25, -0.2) is 4.79 Å². The number of nitrogens with zero attached hydrogens (tertiary/aromatic N) is 2. The van der Waals surface area contributed by atoms with Gasteiger partial charge in [0, 0.05) is 6.54 Å². The van der Waals surface area contributed by atoms with Crippen molar-refractivity contribution < 1.29 is 0 Å². The van der Waals surface area contributed by atoms with Crippen molar-refractivity contribution in [3.05, 3.63) is 20.8 Å². The highest BCUT2D eigenvalue weighted by Gasteiger charge is 2.09. The average molecular weight is 195 g/mol. The summed E-state index contributed by atoms with van der Waals surface area (Å²) in [6.07, 6.45) is 0. The smallest absolute Gasteiger partial charge is 0.330 e. The van der Waals surface area contributed by atoms with Gasteiger partial charge in [0.05, 0.1) is 0 Å². The van der Waals surface area contributed by atoms with Crippen molar-refractivity contribution in [3.8, 4) is 0 Å². The summed E-state index contributed by atoms with van der Waals surface area (Å²) in [7, 11) is 0. The summed E-state index contributed by atoms with van der Waals surface area (Å²) in [5.74, 6) is 0.123. The van der Waals surface area contributed by atoms with Crippen LogP contribution in [0.5, 0.6) is 0 Å². The molecule has 7 heteroatoms.